The molecule has 0 aromatic rings. The van der Waals surface area contributed by atoms with Gasteiger partial charge in [-0.2, -0.15) is 11.8 Å². The van der Waals surface area contributed by atoms with E-state index in [0.717, 1.165) is 13.0 Å². The Balaban J connectivity index is 2.32. The van der Waals surface area contributed by atoms with Crippen LogP contribution in [0.25, 0.3) is 0 Å². The molecule has 0 aromatic heterocycles. The summed E-state index contributed by atoms with van der Waals surface area (Å²) in [7, 11) is -3.16. The van der Waals surface area contributed by atoms with Crippen molar-refractivity contribution in [3.8, 4) is 0 Å². The van der Waals surface area contributed by atoms with Crippen molar-refractivity contribution in [3.05, 3.63) is 0 Å². The molecule has 0 spiro atoms. The molecule has 0 aromatic carbocycles. The van der Waals surface area contributed by atoms with Crippen molar-refractivity contribution in [1.29, 1.82) is 0 Å². The summed E-state index contributed by atoms with van der Waals surface area (Å²) in [6, 6.07) is 0. The highest BCUT2D eigenvalue weighted by Crippen LogP contribution is 2.24. The molecule has 0 aliphatic carbocycles. The molecule has 0 bridgehead atoms. The zero-order valence-corrected chi connectivity index (χ0v) is 12.4. The summed E-state index contributed by atoms with van der Waals surface area (Å²) < 4.78 is 26.6. The first kappa shape index (κ1) is 15.3. The van der Waals surface area contributed by atoms with E-state index < -0.39 is 10.0 Å². The third kappa shape index (κ3) is 5.59. The van der Waals surface area contributed by atoms with Crippen molar-refractivity contribution >= 4 is 21.8 Å². The van der Waals surface area contributed by atoms with Gasteiger partial charge in [0.15, 0.2) is 0 Å². The van der Waals surface area contributed by atoms with Crippen LogP contribution in [0.3, 0.4) is 0 Å². The number of thioether (sulfide) groups is 1. The Morgan fingerprint density at radius 3 is 2.76 bits per heavy atom. The van der Waals surface area contributed by atoms with E-state index in [-0.39, 0.29) is 5.25 Å². The van der Waals surface area contributed by atoms with Crippen LogP contribution in [-0.2, 0) is 10.0 Å². The Morgan fingerprint density at radius 2 is 2.18 bits per heavy atom. The molecule has 17 heavy (non-hydrogen) atoms. The highest BCUT2D eigenvalue weighted by molar-refractivity contribution is 8.00. The maximum absolute atomic E-state index is 11.9. The highest BCUT2D eigenvalue weighted by Gasteiger charge is 2.22. The normalized spacial score (nSPS) is 23.5. The molecule has 0 amide bonds. The lowest BCUT2D eigenvalue weighted by Crippen LogP contribution is -2.41. The van der Waals surface area contributed by atoms with E-state index in [1.807, 2.05) is 18.7 Å². The van der Waals surface area contributed by atoms with Gasteiger partial charge in [0.05, 0.1) is 5.25 Å². The van der Waals surface area contributed by atoms with Gasteiger partial charge in [0.2, 0.25) is 10.0 Å². The second-order valence-corrected chi connectivity index (χ2v) is 8.09. The molecule has 1 rings (SSSR count). The Hall–Kier alpha value is 0.220. The van der Waals surface area contributed by atoms with Crippen molar-refractivity contribution < 1.29 is 8.42 Å². The van der Waals surface area contributed by atoms with Crippen LogP contribution in [0.15, 0.2) is 0 Å². The van der Waals surface area contributed by atoms with Crippen LogP contribution in [0.5, 0.6) is 0 Å². The zero-order valence-electron chi connectivity index (χ0n) is 10.7. The second-order valence-electron chi connectivity index (χ2n) is 4.50. The van der Waals surface area contributed by atoms with Gasteiger partial charge >= 0.3 is 0 Å². The first-order valence-electron chi connectivity index (χ1n) is 6.37. The number of sulfonamides is 1. The minimum absolute atomic E-state index is 0.365. The van der Waals surface area contributed by atoms with E-state index in [2.05, 4.69) is 10.0 Å². The average molecular weight is 280 g/mol. The molecule has 2 atom stereocenters. The third-order valence-electron chi connectivity index (χ3n) is 3.00. The van der Waals surface area contributed by atoms with Crippen LogP contribution in [0.2, 0.25) is 0 Å². The van der Waals surface area contributed by atoms with Crippen LogP contribution in [0, 0.1) is 0 Å². The van der Waals surface area contributed by atoms with E-state index in [4.69, 9.17) is 0 Å². The molecule has 2 unspecified atom stereocenters. The average Bonchev–Trinajstić information content (AvgIpc) is 2.35. The Kier molecular flexibility index (Phi) is 6.84. The predicted molar refractivity (Wildman–Crippen MR) is 75.0 cm³/mol. The van der Waals surface area contributed by atoms with Crippen molar-refractivity contribution in [3.63, 3.8) is 0 Å². The molecule has 0 saturated carbocycles. The summed E-state index contributed by atoms with van der Waals surface area (Å²) in [5, 5.41) is 3.17. The van der Waals surface area contributed by atoms with Crippen LogP contribution in [-0.4, -0.2) is 44.3 Å². The van der Waals surface area contributed by atoms with Crippen molar-refractivity contribution in [2.24, 2.45) is 0 Å². The summed E-state index contributed by atoms with van der Waals surface area (Å²) in [5.41, 5.74) is 0. The van der Waals surface area contributed by atoms with Crippen LogP contribution in [0.4, 0.5) is 0 Å². The fourth-order valence-corrected chi connectivity index (χ4v) is 4.18. The van der Waals surface area contributed by atoms with E-state index in [1.54, 1.807) is 6.92 Å². The molecule has 1 saturated heterocycles. The maximum Gasteiger partial charge on any atom is 0.215 e. The van der Waals surface area contributed by atoms with E-state index in [1.165, 1.54) is 18.6 Å². The van der Waals surface area contributed by atoms with Gasteiger partial charge in [-0.05, 0) is 32.1 Å². The molecule has 102 valence electrons. The fourth-order valence-electron chi connectivity index (χ4n) is 1.78. The van der Waals surface area contributed by atoms with Gasteiger partial charge in [-0.25, -0.2) is 13.1 Å². The minimum Gasteiger partial charge on any atom is -0.316 e. The van der Waals surface area contributed by atoms with E-state index >= 15 is 0 Å². The molecule has 2 N–H and O–H groups in total. The molecular formula is C11H24N2O2S2. The van der Waals surface area contributed by atoms with Crippen molar-refractivity contribution in [2.45, 2.75) is 43.6 Å². The molecule has 1 aliphatic heterocycles. The molecule has 1 heterocycles. The van der Waals surface area contributed by atoms with Crippen LogP contribution in [0.1, 0.15) is 33.1 Å². The summed E-state index contributed by atoms with van der Waals surface area (Å²) in [6.45, 7) is 5.63. The van der Waals surface area contributed by atoms with Gasteiger partial charge in [0.1, 0.15) is 0 Å². The molecule has 0 radical (unpaired) electrons. The molecular weight excluding hydrogens is 256 g/mol. The lowest BCUT2D eigenvalue weighted by molar-refractivity contribution is 0.554. The zero-order chi connectivity index (χ0) is 12.7. The topological polar surface area (TPSA) is 58.2 Å². The highest BCUT2D eigenvalue weighted by atomic mass is 32.2. The fraction of sp³-hybridized carbons (Fsp3) is 1.00. The first-order chi connectivity index (χ1) is 8.06. The Labute approximate surface area is 109 Å². The Morgan fingerprint density at radius 1 is 1.41 bits per heavy atom. The van der Waals surface area contributed by atoms with Crippen LogP contribution >= 0.6 is 11.8 Å². The van der Waals surface area contributed by atoms with Gasteiger partial charge in [-0.3, -0.25) is 0 Å². The van der Waals surface area contributed by atoms with Crippen LogP contribution < -0.4 is 10.0 Å². The molecule has 1 fully saturated rings. The standard InChI is InChI=1S/C11H24N2O2S2/c1-3-12-8-10(2)17(14,15)13-9-11-6-4-5-7-16-11/h10-13H,3-9H2,1-2H3. The largest absolute Gasteiger partial charge is 0.316 e. The summed E-state index contributed by atoms with van der Waals surface area (Å²) >= 11 is 1.89. The minimum atomic E-state index is -3.16. The number of hydrogen-bond donors (Lipinski definition) is 2. The second kappa shape index (κ2) is 7.61. The van der Waals surface area contributed by atoms with Crippen molar-refractivity contribution in [2.75, 3.05) is 25.4 Å². The summed E-state index contributed by atoms with van der Waals surface area (Å²) in [6.07, 6.45) is 3.63. The van der Waals surface area contributed by atoms with E-state index in [9.17, 15) is 8.42 Å². The summed E-state index contributed by atoms with van der Waals surface area (Å²) in [4.78, 5) is 0. The van der Waals surface area contributed by atoms with Gasteiger partial charge in [0, 0.05) is 18.3 Å². The van der Waals surface area contributed by atoms with Gasteiger partial charge < -0.3 is 5.32 Å². The number of rotatable bonds is 7. The molecule has 4 nitrogen and oxygen atoms in total. The van der Waals surface area contributed by atoms with Gasteiger partial charge in [-0.15, -0.1) is 0 Å². The Bertz CT molecular complexity index is 301. The molecule has 1 aliphatic rings. The van der Waals surface area contributed by atoms with Gasteiger partial charge in [0.25, 0.3) is 0 Å². The first-order valence-corrected chi connectivity index (χ1v) is 8.96. The lowest BCUT2D eigenvalue weighted by Gasteiger charge is -2.22. The number of nitrogens with one attached hydrogen (secondary N) is 2. The quantitative estimate of drug-likeness (QED) is 0.735. The summed E-state index contributed by atoms with van der Waals surface area (Å²) in [5.74, 6) is 1.17. The van der Waals surface area contributed by atoms with Gasteiger partial charge in [-0.1, -0.05) is 13.3 Å². The van der Waals surface area contributed by atoms with E-state index in [0.29, 0.717) is 18.3 Å². The predicted octanol–water partition coefficient (Wildman–Crippen LogP) is 1.19. The monoisotopic (exact) mass is 280 g/mol. The SMILES string of the molecule is CCNCC(C)S(=O)(=O)NCC1CCCCS1. The smallest absolute Gasteiger partial charge is 0.215 e. The maximum atomic E-state index is 11.9. The third-order valence-corrected chi connectivity index (χ3v) is 6.19. The van der Waals surface area contributed by atoms with Crippen molar-refractivity contribution in [1.82, 2.24) is 10.0 Å². The molecule has 6 heteroatoms. The number of hydrogen-bond acceptors (Lipinski definition) is 4. The lowest BCUT2D eigenvalue weighted by atomic mass is 10.2.